The first-order valence-corrected chi connectivity index (χ1v) is 4.03. The van der Waals surface area contributed by atoms with Gasteiger partial charge in [0.2, 0.25) is 0 Å². The molecule has 0 aliphatic carbocycles. The maximum atomic E-state index is 11.3. The Hall–Kier alpha value is -1.41. The third-order valence-corrected chi connectivity index (χ3v) is 1.77. The van der Waals surface area contributed by atoms with Gasteiger partial charge in [0.25, 0.3) is 0 Å². The summed E-state index contributed by atoms with van der Waals surface area (Å²) in [5, 5.41) is 0. The number of ketones is 1. The molecule has 0 N–H and O–H groups in total. The van der Waals surface area contributed by atoms with Crippen LogP contribution in [0, 0.1) is 0 Å². The van der Waals surface area contributed by atoms with Crippen LogP contribution in [0.2, 0.25) is 0 Å². The van der Waals surface area contributed by atoms with E-state index in [2.05, 4.69) is 6.58 Å². The molecule has 0 radical (unpaired) electrons. The number of ether oxygens (including phenoxy) is 1. The van der Waals surface area contributed by atoms with Crippen LogP contribution in [-0.4, -0.2) is 12.9 Å². The Labute approximate surface area is 77.8 Å². The lowest BCUT2D eigenvalue weighted by Gasteiger charge is -2.04. The molecule has 0 amide bonds. The van der Waals surface area contributed by atoms with Gasteiger partial charge in [0.15, 0.2) is 5.78 Å². The van der Waals surface area contributed by atoms with E-state index < -0.39 is 0 Å². The third-order valence-electron chi connectivity index (χ3n) is 1.77. The second kappa shape index (κ2) is 4.58. The molecule has 0 unspecified atom stereocenters. The molecular formula is C11H12O2. The molecule has 2 heteroatoms. The minimum Gasteiger partial charge on any atom is -0.380 e. The first-order valence-electron chi connectivity index (χ1n) is 4.03. The number of methoxy groups -OCH3 is 1. The van der Waals surface area contributed by atoms with Gasteiger partial charge in [-0.05, 0) is 11.6 Å². The first kappa shape index (κ1) is 9.68. The van der Waals surface area contributed by atoms with E-state index in [1.807, 2.05) is 18.2 Å². The highest BCUT2D eigenvalue weighted by atomic mass is 16.5. The number of carbonyl (C=O) groups is 1. The van der Waals surface area contributed by atoms with Crippen LogP contribution in [0.25, 0.3) is 0 Å². The minimum absolute atomic E-state index is 0.0624. The molecule has 1 aromatic rings. The molecule has 68 valence electrons. The first-order chi connectivity index (χ1) is 6.29. The molecule has 0 saturated carbocycles. The average Bonchev–Trinajstić information content (AvgIpc) is 2.18. The number of allylic oxidation sites excluding steroid dienone is 1. The molecular weight excluding hydrogens is 164 g/mol. The molecule has 0 heterocycles. The third kappa shape index (κ3) is 2.26. The van der Waals surface area contributed by atoms with Crippen molar-refractivity contribution in [3.05, 3.63) is 48.0 Å². The van der Waals surface area contributed by atoms with Crippen LogP contribution in [0.1, 0.15) is 15.9 Å². The zero-order valence-corrected chi connectivity index (χ0v) is 7.62. The van der Waals surface area contributed by atoms with Crippen molar-refractivity contribution >= 4 is 5.78 Å². The fourth-order valence-corrected chi connectivity index (χ4v) is 1.15. The lowest BCUT2D eigenvalue weighted by molar-refractivity contribution is 0.104. The van der Waals surface area contributed by atoms with Crippen molar-refractivity contribution in [2.75, 3.05) is 7.11 Å². The average molecular weight is 176 g/mol. The molecule has 1 rings (SSSR count). The highest BCUT2D eigenvalue weighted by Crippen LogP contribution is 2.10. The lowest BCUT2D eigenvalue weighted by atomic mass is 10.0. The molecule has 0 bridgehead atoms. The summed E-state index contributed by atoms with van der Waals surface area (Å²) in [7, 11) is 1.61. The normalized spacial score (nSPS) is 9.62. The Morgan fingerprint density at radius 1 is 1.54 bits per heavy atom. The number of benzene rings is 1. The van der Waals surface area contributed by atoms with Crippen LogP contribution in [0.15, 0.2) is 36.9 Å². The van der Waals surface area contributed by atoms with Crippen LogP contribution < -0.4 is 0 Å². The maximum Gasteiger partial charge on any atom is 0.185 e. The van der Waals surface area contributed by atoms with Crippen molar-refractivity contribution in [3.8, 4) is 0 Å². The van der Waals surface area contributed by atoms with Gasteiger partial charge in [-0.3, -0.25) is 4.79 Å². The van der Waals surface area contributed by atoms with Crippen LogP contribution in [0.4, 0.5) is 0 Å². The maximum absolute atomic E-state index is 11.3. The van der Waals surface area contributed by atoms with Crippen molar-refractivity contribution in [2.24, 2.45) is 0 Å². The smallest absolute Gasteiger partial charge is 0.185 e. The molecule has 2 nitrogen and oxygen atoms in total. The van der Waals surface area contributed by atoms with Gasteiger partial charge < -0.3 is 4.74 Å². The van der Waals surface area contributed by atoms with Crippen molar-refractivity contribution in [1.29, 1.82) is 0 Å². The predicted molar refractivity (Wildman–Crippen MR) is 51.7 cm³/mol. The Bertz CT molecular complexity index is 316. The number of hydrogen-bond acceptors (Lipinski definition) is 2. The van der Waals surface area contributed by atoms with E-state index in [9.17, 15) is 4.79 Å². The SMILES string of the molecule is C=CC(=O)c1ccccc1COC. The van der Waals surface area contributed by atoms with E-state index in [1.54, 1.807) is 13.2 Å². The summed E-state index contributed by atoms with van der Waals surface area (Å²) in [5.74, 6) is -0.0624. The summed E-state index contributed by atoms with van der Waals surface area (Å²) in [5.41, 5.74) is 1.56. The van der Waals surface area contributed by atoms with Crippen LogP contribution >= 0.6 is 0 Å². The van der Waals surface area contributed by atoms with Gasteiger partial charge in [-0.15, -0.1) is 0 Å². The monoisotopic (exact) mass is 176 g/mol. The van der Waals surface area contributed by atoms with Crippen molar-refractivity contribution in [3.63, 3.8) is 0 Å². The van der Waals surface area contributed by atoms with Gasteiger partial charge in [0.05, 0.1) is 6.61 Å². The van der Waals surface area contributed by atoms with Gasteiger partial charge in [-0.1, -0.05) is 30.8 Å². The van der Waals surface area contributed by atoms with Crippen LogP contribution in [0.5, 0.6) is 0 Å². The van der Waals surface area contributed by atoms with Crippen molar-refractivity contribution in [1.82, 2.24) is 0 Å². The molecule has 0 saturated heterocycles. The summed E-state index contributed by atoms with van der Waals surface area (Å²) < 4.78 is 4.98. The molecule has 0 atom stereocenters. The number of hydrogen-bond donors (Lipinski definition) is 0. The largest absolute Gasteiger partial charge is 0.380 e. The van der Waals surface area contributed by atoms with E-state index in [0.29, 0.717) is 12.2 Å². The highest BCUT2D eigenvalue weighted by molar-refractivity contribution is 6.05. The second-order valence-corrected chi connectivity index (χ2v) is 2.66. The van der Waals surface area contributed by atoms with Crippen molar-refractivity contribution < 1.29 is 9.53 Å². The van der Waals surface area contributed by atoms with Gasteiger partial charge in [0, 0.05) is 12.7 Å². The number of carbonyl (C=O) groups excluding carboxylic acids is 1. The fourth-order valence-electron chi connectivity index (χ4n) is 1.15. The van der Waals surface area contributed by atoms with E-state index in [1.165, 1.54) is 6.08 Å². The molecule has 13 heavy (non-hydrogen) atoms. The minimum atomic E-state index is -0.0624. The highest BCUT2D eigenvalue weighted by Gasteiger charge is 2.06. The standard InChI is InChI=1S/C11H12O2/c1-3-11(12)10-7-5-4-6-9(10)8-13-2/h3-7H,1,8H2,2H3. The predicted octanol–water partition coefficient (Wildman–Crippen LogP) is 2.20. The summed E-state index contributed by atoms with van der Waals surface area (Å²) in [6.45, 7) is 3.90. The van der Waals surface area contributed by atoms with Crippen LogP contribution in [0.3, 0.4) is 0 Å². The van der Waals surface area contributed by atoms with Gasteiger partial charge in [-0.25, -0.2) is 0 Å². The Balaban J connectivity index is 3.03. The molecule has 0 aliphatic rings. The van der Waals surface area contributed by atoms with Crippen LogP contribution in [-0.2, 0) is 11.3 Å². The van der Waals surface area contributed by atoms with Crippen molar-refractivity contribution in [2.45, 2.75) is 6.61 Å². The lowest BCUT2D eigenvalue weighted by Crippen LogP contribution is -2.00. The molecule has 1 aromatic carbocycles. The summed E-state index contributed by atoms with van der Waals surface area (Å²) in [6, 6.07) is 7.36. The van der Waals surface area contributed by atoms with Gasteiger partial charge >= 0.3 is 0 Å². The quantitative estimate of drug-likeness (QED) is 0.519. The number of rotatable bonds is 4. The topological polar surface area (TPSA) is 26.3 Å². The Kier molecular flexibility index (Phi) is 3.41. The molecule has 0 fully saturated rings. The van der Waals surface area contributed by atoms with E-state index in [-0.39, 0.29) is 5.78 Å². The molecule has 0 aliphatic heterocycles. The second-order valence-electron chi connectivity index (χ2n) is 2.66. The van der Waals surface area contributed by atoms with Gasteiger partial charge in [-0.2, -0.15) is 0 Å². The van der Waals surface area contributed by atoms with E-state index >= 15 is 0 Å². The summed E-state index contributed by atoms with van der Waals surface area (Å²) in [6.07, 6.45) is 1.31. The van der Waals surface area contributed by atoms with E-state index in [4.69, 9.17) is 4.74 Å². The zero-order chi connectivity index (χ0) is 9.68. The molecule has 0 spiro atoms. The zero-order valence-electron chi connectivity index (χ0n) is 7.62. The van der Waals surface area contributed by atoms with E-state index in [0.717, 1.165) is 5.56 Å². The summed E-state index contributed by atoms with van der Waals surface area (Å²) in [4.78, 5) is 11.3. The fraction of sp³-hybridized carbons (Fsp3) is 0.182. The Morgan fingerprint density at radius 3 is 2.85 bits per heavy atom. The Morgan fingerprint density at radius 2 is 2.23 bits per heavy atom. The van der Waals surface area contributed by atoms with Gasteiger partial charge in [0.1, 0.15) is 0 Å². The summed E-state index contributed by atoms with van der Waals surface area (Å²) >= 11 is 0. The molecule has 0 aromatic heterocycles.